The monoisotopic (exact) mass is 330 g/mol. The number of aromatic nitrogens is 1. The first-order chi connectivity index (χ1) is 11.1. The molecule has 3 nitrogen and oxygen atoms in total. The van der Waals surface area contributed by atoms with Gasteiger partial charge in [0.2, 0.25) is 0 Å². The summed E-state index contributed by atoms with van der Waals surface area (Å²) in [5, 5.41) is 4.01. The van der Waals surface area contributed by atoms with Crippen LogP contribution in [-0.4, -0.2) is 23.4 Å². The Morgan fingerprint density at radius 1 is 1.26 bits per heavy atom. The van der Waals surface area contributed by atoms with Crippen molar-refractivity contribution in [3.8, 4) is 0 Å². The molecule has 0 radical (unpaired) electrons. The highest BCUT2D eigenvalue weighted by atomic mass is 35.5. The summed E-state index contributed by atoms with van der Waals surface area (Å²) in [4.78, 5) is 12.4. The van der Waals surface area contributed by atoms with Crippen molar-refractivity contribution >= 4 is 17.4 Å². The van der Waals surface area contributed by atoms with Crippen molar-refractivity contribution in [2.45, 2.75) is 39.2 Å². The van der Waals surface area contributed by atoms with Crippen LogP contribution in [0.4, 0.5) is 0 Å². The van der Waals surface area contributed by atoms with E-state index in [0.29, 0.717) is 12.6 Å². The van der Waals surface area contributed by atoms with Crippen LogP contribution in [0.15, 0.2) is 30.3 Å². The fourth-order valence-electron chi connectivity index (χ4n) is 3.13. The van der Waals surface area contributed by atoms with Crippen molar-refractivity contribution < 1.29 is 4.79 Å². The van der Waals surface area contributed by atoms with E-state index in [4.69, 9.17) is 11.6 Å². The van der Waals surface area contributed by atoms with Crippen LogP contribution in [0.2, 0.25) is 5.02 Å². The Bertz CT molecular complexity index is 699. The quantitative estimate of drug-likeness (QED) is 0.612. The second-order valence-electron chi connectivity index (χ2n) is 6.36. The Kier molecular flexibility index (Phi) is 4.88. The number of aryl methyl sites for hydroxylation is 1. The van der Waals surface area contributed by atoms with Gasteiger partial charge in [0.25, 0.3) is 0 Å². The van der Waals surface area contributed by atoms with E-state index in [0.717, 1.165) is 29.2 Å². The lowest BCUT2D eigenvalue weighted by Gasteiger charge is -2.08. The van der Waals surface area contributed by atoms with Crippen LogP contribution in [0.3, 0.4) is 0 Å². The Hall–Kier alpha value is -1.58. The van der Waals surface area contributed by atoms with E-state index in [1.54, 1.807) is 0 Å². The number of ketones is 1. The first kappa shape index (κ1) is 16.3. The normalized spacial score (nSPS) is 14.2. The predicted molar refractivity (Wildman–Crippen MR) is 94.5 cm³/mol. The van der Waals surface area contributed by atoms with Gasteiger partial charge in [-0.1, -0.05) is 23.7 Å². The van der Waals surface area contributed by atoms with Crippen molar-refractivity contribution in [1.82, 2.24) is 9.88 Å². The van der Waals surface area contributed by atoms with Gasteiger partial charge in [0.1, 0.15) is 0 Å². The molecule has 122 valence electrons. The summed E-state index contributed by atoms with van der Waals surface area (Å²) in [6.07, 6.45) is 3.37. The number of hydrogen-bond acceptors (Lipinski definition) is 2. The van der Waals surface area contributed by atoms with Gasteiger partial charge in [-0.3, -0.25) is 4.79 Å². The molecular formula is C19H23ClN2O. The van der Waals surface area contributed by atoms with Crippen molar-refractivity contribution in [3.05, 3.63) is 57.9 Å². The number of carbonyl (C=O) groups is 1. The maximum absolute atomic E-state index is 12.4. The van der Waals surface area contributed by atoms with E-state index in [2.05, 4.69) is 23.7 Å². The molecule has 0 atom stereocenters. The molecule has 0 bridgehead atoms. The maximum Gasteiger partial charge on any atom is 0.178 e. The van der Waals surface area contributed by atoms with Crippen LogP contribution in [0, 0.1) is 13.8 Å². The van der Waals surface area contributed by atoms with Crippen LogP contribution in [0.25, 0.3) is 0 Å². The zero-order valence-corrected chi connectivity index (χ0v) is 14.5. The average molecular weight is 331 g/mol. The molecule has 3 rings (SSSR count). The molecule has 4 heteroatoms. The number of rotatable bonds is 7. The van der Waals surface area contributed by atoms with Crippen LogP contribution in [0.1, 0.15) is 46.2 Å². The Morgan fingerprint density at radius 2 is 1.96 bits per heavy atom. The number of carbonyl (C=O) groups excluding carboxylic acids is 1. The standard InChI is InChI=1S/C19H23ClN2O/c1-13-11-18(14(2)22(13)17-7-8-17)19(23)12-21-10-9-15-3-5-16(20)6-4-15/h3-6,11,17,21H,7-10,12H2,1-2H3. The van der Waals surface area contributed by atoms with Gasteiger partial charge in [0.15, 0.2) is 5.78 Å². The molecule has 0 unspecified atom stereocenters. The summed E-state index contributed by atoms with van der Waals surface area (Å²) in [6.45, 7) is 5.33. The van der Waals surface area contributed by atoms with Gasteiger partial charge < -0.3 is 9.88 Å². The number of nitrogens with one attached hydrogen (secondary N) is 1. The Morgan fingerprint density at radius 3 is 2.61 bits per heavy atom. The van der Waals surface area contributed by atoms with Crippen LogP contribution < -0.4 is 5.32 Å². The van der Waals surface area contributed by atoms with Crippen molar-refractivity contribution in [2.75, 3.05) is 13.1 Å². The molecule has 0 amide bonds. The smallest absolute Gasteiger partial charge is 0.178 e. The molecule has 1 aromatic carbocycles. The van der Waals surface area contributed by atoms with E-state index in [1.165, 1.54) is 24.1 Å². The van der Waals surface area contributed by atoms with Crippen molar-refractivity contribution in [3.63, 3.8) is 0 Å². The van der Waals surface area contributed by atoms with E-state index >= 15 is 0 Å². The highest BCUT2D eigenvalue weighted by Crippen LogP contribution is 2.38. The maximum atomic E-state index is 12.4. The van der Waals surface area contributed by atoms with E-state index < -0.39 is 0 Å². The molecule has 23 heavy (non-hydrogen) atoms. The summed E-state index contributed by atoms with van der Waals surface area (Å²) >= 11 is 5.88. The van der Waals surface area contributed by atoms with Crippen LogP contribution in [-0.2, 0) is 6.42 Å². The molecule has 0 saturated heterocycles. The minimum atomic E-state index is 0.182. The zero-order chi connectivity index (χ0) is 16.4. The first-order valence-electron chi connectivity index (χ1n) is 8.23. The van der Waals surface area contributed by atoms with Crippen molar-refractivity contribution in [1.29, 1.82) is 0 Å². The van der Waals surface area contributed by atoms with Crippen molar-refractivity contribution in [2.24, 2.45) is 0 Å². The van der Waals surface area contributed by atoms with Gasteiger partial charge in [0.05, 0.1) is 6.54 Å². The topological polar surface area (TPSA) is 34.0 Å². The minimum Gasteiger partial charge on any atom is -0.345 e. The number of halogens is 1. The fourth-order valence-corrected chi connectivity index (χ4v) is 3.26. The molecule has 2 aromatic rings. The van der Waals surface area contributed by atoms with Gasteiger partial charge in [-0.05, 0) is 63.4 Å². The second kappa shape index (κ2) is 6.90. The zero-order valence-electron chi connectivity index (χ0n) is 13.7. The summed E-state index contributed by atoms with van der Waals surface area (Å²) in [7, 11) is 0. The number of nitrogens with zero attached hydrogens (tertiary/aromatic N) is 1. The molecular weight excluding hydrogens is 308 g/mol. The largest absolute Gasteiger partial charge is 0.345 e. The molecule has 1 N–H and O–H groups in total. The van der Waals surface area contributed by atoms with Gasteiger partial charge in [-0.15, -0.1) is 0 Å². The lowest BCUT2D eigenvalue weighted by Crippen LogP contribution is -2.25. The predicted octanol–water partition coefficient (Wildman–Crippen LogP) is 4.11. The number of Topliss-reactive ketones (excluding diaryl/α,β-unsaturated/α-hetero) is 1. The SMILES string of the molecule is Cc1cc(C(=O)CNCCc2ccc(Cl)cc2)c(C)n1C1CC1. The molecule has 0 spiro atoms. The lowest BCUT2D eigenvalue weighted by molar-refractivity contribution is 0.0990. The molecule has 0 aliphatic heterocycles. The summed E-state index contributed by atoms with van der Waals surface area (Å²) in [5.74, 6) is 0.182. The van der Waals surface area contributed by atoms with Gasteiger partial charge in [-0.25, -0.2) is 0 Å². The number of benzene rings is 1. The Labute approximate surface area is 142 Å². The van der Waals surface area contributed by atoms with Crippen LogP contribution >= 0.6 is 11.6 Å². The van der Waals surface area contributed by atoms with E-state index in [1.807, 2.05) is 30.3 Å². The lowest BCUT2D eigenvalue weighted by atomic mass is 10.1. The molecule has 1 heterocycles. The minimum absolute atomic E-state index is 0.182. The highest BCUT2D eigenvalue weighted by Gasteiger charge is 2.28. The highest BCUT2D eigenvalue weighted by molar-refractivity contribution is 6.30. The molecule has 1 aliphatic carbocycles. The summed E-state index contributed by atoms with van der Waals surface area (Å²) in [6, 6.07) is 10.5. The molecule has 1 aliphatic rings. The number of hydrogen-bond donors (Lipinski definition) is 1. The molecule has 1 aromatic heterocycles. The summed E-state index contributed by atoms with van der Waals surface area (Å²) in [5.41, 5.74) is 4.42. The third kappa shape index (κ3) is 3.85. The molecule has 1 saturated carbocycles. The Balaban J connectivity index is 1.51. The van der Waals surface area contributed by atoms with Gasteiger partial charge >= 0.3 is 0 Å². The van der Waals surface area contributed by atoms with E-state index in [-0.39, 0.29) is 5.78 Å². The average Bonchev–Trinajstić information content (AvgIpc) is 3.31. The summed E-state index contributed by atoms with van der Waals surface area (Å²) < 4.78 is 2.32. The second-order valence-corrected chi connectivity index (χ2v) is 6.80. The van der Waals surface area contributed by atoms with Gasteiger partial charge in [-0.2, -0.15) is 0 Å². The van der Waals surface area contributed by atoms with Gasteiger partial charge in [0, 0.05) is 28.0 Å². The van der Waals surface area contributed by atoms with Crippen LogP contribution in [0.5, 0.6) is 0 Å². The first-order valence-corrected chi connectivity index (χ1v) is 8.61. The van der Waals surface area contributed by atoms with E-state index in [9.17, 15) is 4.79 Å². The molecule has 1 fully saturated rings. The fraction of sp³-hybridized carbons (Fsp3) is 0.421. The third-order valence-electron chi connectivity index (χ3n) is 4.49. The third-order valence-corrected chi connectivity index (χ3v) is 4.74.